The summed E-state index contributed by atoms with van der Waals surface area (Å²) < 4.78 is 41.9. The second-order valence-electron chi connectivity index (χ2n) is 32.4. The Kier molecular flexibility index (Phi) is 37.7. The number of aliphatic hydroxyl groups excluding tert-OH is 1. The number of carboxylic acid groups (broad SMARTS) is 1. The Balaban J connectivity index is 0.000000198. The van der Waals surface area contributed by atoms with Crippen LogP contribution in [0.15, 0.2) is 262 Å². The van der Waals surface area contributed by atoms with Crippen LogP contribution >= 0.6 is 0 Å². The molecule has 14 nitrogen and oxygen atoms in total. The number of para-hydroxylation sites is 1. The Hall–Kier alpha value is -12.6. The van der Waals surface area contributed by atoms with Crippen LogP contribution in [0, 0.1) is 27.7 Å². The third kappa shape index (κ3) is 29.9. The second kappa shape index (κ2) is 47.6. The van der Waals surface area contributed by atoms with Gasteiger partial charge in [0.05, 0.1) is 25.0 Å². The van der Waals surface area contributed by atoms with Crippen molar-refractivity contribution >= 4 is 17.6 Å². The first-order chi connectivity index (χ1) is 58.5. The van der Waals surface area contributed by atoms with E-state index in [4.69, 9.17) is 20.7 Å². The molecule has 0 saturated heterocycles. The monoisotopic (exact) mass is 1660 g/mol. The standard InChI is InChI=1S/C17H20N2O.C17H20N2.C16H17NO2.2C16H19NO.C15H17N.C9H10F3N/c1-11(2)15-9-16(12(3)19-10-15)13-5-7-14(8-6-13)17(20)18-4;1-11(2)16-9-17(13(4)19-10-16)15-7-5-6-14(8-15)12(3)18;1-10(2)14-7-8-17-15(11(14)3)12-5-4-6-13(9-12)16(18)19;1-11(2)15-8-16(12(3)17-9-15)14-6-4-13(10-18)5-7-14;1-12(2)13-8-9-17-15(10-13)11-14-6-4-5-7-16(14)18-3;1-12(2)14-8-9-16-15(11-14)10-13-6-4-3-5-7-13;1-6(2)7-3-4-13-8(5-7)9(10,11)12/h5-11H,1-4H3,(H,18,20);5-11H,3,18H2,1-2,4H3;4-10H,1-3H3,(H,18,19);4-9,11,18H,10H2,1-3H3;4-10,12H,11H2,1-3H3;3-9,11-12H,10H2,1-2H3;3-6H,1-2H3. The minimum absolute atomic E-state index is 0.0673. The normalized spacial score (nSPS) is 10.9. The molecule has 5 N–H and O–H groups in total. The summed E-state index contributed by atoms with van der Waals surface area (Å²) in [5.74, 6) is 2.95. The lowest BCUT2D eigenvalue weighted by Crippen LogP contribution is -2.17. The SMILES string of the molecule is C=C(N)c1cccc(-c2cc(C(C)C)cnc2C)c1.CC(C)c1ccnc(C(F)(F)F)c1.CC(C)c1ccnc(Cc2ccccc2)c1.CNC(=O)c1ccc(-c2cc(C(C)C)cnc2C)cc1.COc1ccccc1Cc1cc(C(C)C)ccn1.Cc1c(C(C)C)ccnc1-c1cccc(C(=O)O)c1.Cc1ncc(C(C)C)cc1-c1ccc(CO)cc1. The largest absolute Gasteiger partial charge is 0.496 e. The molecule has 0 aliphatic heterocycles. The number of hydrogen-bond donors (Lipinski definition) is 4. The number of amides is 1. The Morgan fingerprint density at radius 1 is 0.431 bits per heavy atom. The fourth-order valence-electron chi connectivity index (χ4n) is 13.1. The van der Waals surface area contributed by atoms with Gasteiger partial charge in [-0.15, -0.1) is 0 Å². The zero-order valence-electron chi connectivity index (χ0n) is 75.1. The second-order valence-corrected chi connectivity index (χ2v) is 32.4. The lowest BCUT2D eigenvalue weighted by molar-refractivity contribution is -0.141. The van der Waals surface area contributed by atoms with Crippen molar-refractivity contribution in [1.82, 2.24) is 40.2 Å². The Labute approximate surface area is 727 Å². The number of halogens is 3. The predicted octanol–water partition coefficient (Wildman–Crippen LogP) is 26.0. The van der Waals surface area contributed by atoms with Crippen LogP contribution in [0.1, 0.15) is 260 Å². The van der Waals surface area contributed by atoms with Crippen LogP contribution in [0.3, 0.4) is 0 Å². The smallest absolute Gasteiger partial charge is 0.433 e. The number of carboxylic acids is 1. The number of carbonyl (C=O) groups excluding carboxylic acids is 1. The Morgan fingerprint density at radius 3 is 1.32 bits per heavy atom. The molecule has 17 heteroatoms. The number of aliphatic hydroxyl groups is 1. The summed E-state index contributed by atoms with van der Waals surface area (Å²) >= 11 is 0. The zero-order chi connectivity index (χ0) is 90.2. The minimum atomic E-state index is -4.34. The van der Waals surface area contributed by atoms with Crippen LogP contribution < -0.4 is 15.8 Å². The van der Waals surface area contributed by atoms with Gasteiger partial charge in [-0.3, -0.25) is 39.7 Å². The van der Waals surface area contributed by atoms with E-state index >= 15 is 0 Å². The van der Waals surface area contributed by atoms with Crippen molar-refractivity contribution in [3.05, 3.63) is 374 Å². The zero-order valence-corrected chi connectivity index (χ0v) is 75.1. The van der Waals surface area contributed by atoms with Gasteiger partial charge < -0.3 is 26.0 Å². The van der Waals surface area contributed by atoms with E-state index in [0.29, 0.717) is 52.3 Å². The number of aryl methyl sites for hydroxylation is 3. The number of aromatic carboxylic acids is 1. The van der Waals surface area contributed by atoms with Crippen LogP contribution in [0.2, 0.25) is 0 Å². The summed E-state index contributed by atoms with van der Waals surface area (Å²) in [6.07, 6.45) is 10.00. The fraction of sp³-hybridized carbons (Fsp3) is 0.292. The van der Waals surface area contributed by atoms with Gasteiger partial charge in [0.1, 0.15) is 11.4 Å². The number of carbonyl (C=O) groups is 2. The van der Waals surface area contributed by atoms with Crippen LogP contribution in [-0.4, -0.2) is 71.1 Å². The molecule has 0 unspecified atom stereocenters. The summed E-state index contributed by atoms with van der Waals surface area (Å²) in [7, 11) is 3.34. The molecule has 0 saturated carbocycles. The third-order valence-electron chi connectivity index (χ3n) is 20.8. The summed E-state index contributed by atoms with van der Waals surface area (Å²) in [6.45, 7) is 41.8. The molecule has 6 aromatic carbocycles. The molecule has 0 aliphatic carbocycles. The van der Waals surface area contributed by atoms with E-state index in [-0.39, 0.29) is 24.0 Å². The van der Waals surface area contributed by atoms with Gasteiger partial charge in [-0.05, 0) is 244 Å². The van der Waals surface area contributed by atoms with E-state index in [1.54, 1.807) is 44.6 Å². The third-order valence-corrected chi connectivity index (χ3v) is 20.8. The molecule has 123 heavy (non-hydrogen) atoms. The van der Waals surface area contributed by atoms with Gasteiger partial charge in [-0.2, -0.15) is 13.2 Å². The van der Waals surface area contributed by atoms with E-state index in [0.717, 1.165) is 109 Å². The average molecular weight is 1660 g/mol. The number of hydrogen-bond acceptors (Lipinski definition) is 12. The van der Waals surface area contributed by atoms with E-state index < -0.39 is 17.8 Å². The molecule has 0 bridgehead atoms. The van der Waals surface area contributed by atoms with E-state index in [2.05, 4.69) is 215 Å². The topological polar surface area (TPSA) is 212 Å². The summed E-state index contributed by atoms with van der Waals surface area (Å²) in [5, 5.41) is 20.7. The van der Waals surface area contributed by atoms with Gasteiger partial charge in [-0.1, -0.05) is 219 Å². The highest BCUT2D eigenvalue weighted by molar-refractivity contribution is 5.94. The van der Waals surface area contributed by atoms with E-state index in [9.17, 15) is 22.8 Å². The molecule has 13 aromatic rings. The Morgan fingerprint density at radius 2 is 0.862 bits per heavy atom. The maximum Gasteiger partial charge on any atom is 0.433 e. The fourth-order valence-corrected chi connectivity index (χ4v) is 13.1. The molecule has 0 radical (unpaired) electrons. The maximum absolute atomic E-state index is 12.2. The van der Waals surface area contributed by atoms with Crippen LogP contribution in [-0.2, 0) is 25.6 Å². The van der Waals surface area contributed by atoms with Crippen molar-refractivity contribution in [2.45, 2.75) is 192 Å². The first kappa shape index (κ1) is 97.5. The van der Waals surface area contributed by atoms with E-state index in [1.807, 2.05) is 170 Å². The van der Waals surface area contributed by atoms with Crippen LogP contribution in [0.4, 0.5) is 13.2 Å². The number of benzene rings is 6. The van der Waals surface area contributed by atoms with Crippen LogP contribution in [0.5, 0.6) is 5.75 Å². The summed E-state index contributed by atoms with van der Waals surface area (Å²) in [4.78, 5) is 52.5. The van der Waals surface area contributed by atoms with E-state index in [1.165, 1.54) is 56.3 Å². The number of aromatic nitrogens is 7. The highest BCUT2D eigenvalue weighted by atomic mass is 19.4. The summed E-state index contributed by atoms with van der Waals surface area (Å²) in [6, 6.07) is 69.1. The van der Waals surface area contributed by atoms with Gasteiger partial charge in [0, 0.05) is 131 Å². The number of methoxy groups -OCH3 is 1. The lowest BCUT2D eigenvalue weighted by atomic mass is 9.95. The highest BCUT2D eigenvalue weighted by Gasteiger charge is 2.32. The first-order valence-corrected chi connectivity index (χ1v) is 41.9. The molecule has 0 aliphatic rings. The maximum atomic E-state index is 12.2. The molecule has 0 spiro atoms. The molecule has 0 atom stereocenters. The number of alkyl halides is 3. The van der Waals surface area contributed by atoms with Crippen LogP contribution in [0.25, 0.3) is 50.3 Å². The molecule has 7 aromatic heterocycles. The average Bonchev–Trinajstić information content (AvgIpc) is 0.811. The summed E-state index contributed by atoms with van der Waals surface area (Å²) in [5.41, 5.74) is 34.1. The number of nitrogens with two attached hydrogens (primary N) is 1. The quantitative estimate of drug-likeness (QED) is 0.0560. The molecule has 642 valence electrons. The van der Waals surface area contributed by atoms with Gasteiger partial charge in [0.15, 0.2) is 0 Å². The molecule has 7 heterocycles. The van der Waals surface area contributed by atoms with Crippen molar-refractivity contribution in [2.75, 3.05) is 14.2 Å². The van der Waals surface area contributed by atoms with Gasteiger partial charge in [-0.25, -0.2) is 4.79 Å². The molecular weight excluding hydrogens is 1540 g/mol. The first-order valence-electron chi connectivity index (χ1n) is 41.9. The Bertz CT molecular complexity index is 5490. The minimum Gasteiger partial charge on any atom is -0.496 e. The number of ether oxygens (including phenoxy) is 1. The molecule has 13 rings (SSSR count). The van der Waals surface area contributed by atoms with Crippen molar-refractivity contribution in [1.29, 1.82) is 0 Å². The van der Waals surface area contributed by atoms with Crippen molar-refractivity contribution in [3.8, 4) is 50.4 Å². The number of nitrogens with one attached hydrogen (secondary N) is 1. The van der Waals surface area contributed by atoms with Gasteiger partial charge in [0.25, 0.3) is 5.91 Å². The highest BCUT2D eigenvalue weighted by Crippen LogP contribution is 2.34. The van der Waals surface area contributed by atoms with Crippen molar-refractivity contribution in [2.24, 2.45) is 5.73 Å². The lowest BCUT2D eigenvalue weighted by Gasteiger charge is -2.13. The van der Waals surface area contributed by atoms with Gasteiger partial charge >= 0.3 is 12.1 Å². The number of rotatable bonds is 20. The molecule has 0 fully saturated rings. The molecule has 1 amide bonds. The van der Waals surface area contributed by atoms with Crippen molar-refractivity contribution < 1.29 is 37.7 Å². The number of nitrogens with zero attached hydrogens (tertiary/aromatic N) is 7. The van der Waals surface area contributed by atoms with Crippen molar-refractivity contribution in [3.63, 3.8) is 0 Å². The van der Waals surface area contributed by atoms with Gasteiger partial charge in [0.2, 0.25) is 0 Å². The molecular formula is C106H122F3N9O5. The predicted molar refractivity (Wildman–Crippen MR) is 499 cm³/mol. The number of pyridine rings is 7.